The maximum absolute atomic E-state index is 10.7. The van der Waals surface area contributed by atoms with Crippen LogP contribution in [0.2, 0.25) is 0 Å². The smallest absolute Gasteiger partial charge is 0.303 e. The highest BCUT2D eigenvalue weighted by Gasteiger charge is 2.35. The van der Waals surface area contributed by atoms with Crippen LogP contribution in [-0.2, 0) is 4.79 Å². The van der Waals surface area contributed by atoms with Crippen molar-refractivity contribution in [1.82, 2.24) is 9.80 Å². The van der Waals surface area contributed by atoms with E-state index in [1.165, 1.54) is 0 Å². The first kappa shape index (κ1) is 14.5. The number of carboxylic acids is 1. The molecule has 1 aliphatic heterocycles. The maximum atomic E-state index is 10.7. The van der Waals surface area contributed by atoms with Crippen LogP contribution in [-0.4, -0.2) is 58.6 Å². The summed E-state index contributed by atoms with van der Waals surface area (Å²) in [5.41, 5.74) is 0.155. The summed E-state index contributed by atoms with van der Waals surface area (Å²) in [6, 6.07) is 0.891. The van der Waals surface area contributed by atoms with Gasteiger partial charge in [0, 0.05) is 37.1 Å². The molecule has 0 radical (unpaired) electrons. The molecule has 0 aromatic rings. The van der Waals surface area contributed by atoms with Crippen molar-refractivity contribution < 1.29 is 9.90 Å². The summed E-state index contributed by atoms with van der Waals surface area (Å²) in [5.74, 6) is -0.695. The van der Waals surface area contributed by atoms with Crippen LogP contribution in [0.3, 0.4) is 0 Å². The van der Waals surface area contributed by atoms with Crippen LogP contribution >= 0.6 is 0 Å². The van der Waals surface area contributed by atoms with Gasteiger partial charge in [-0.1, -0.05) is 0 Å². The minimum atomic E-state index is -0.695. The molecule has 2 unspecified atom stereocenters. The molecule has 0 aromatic carbocycles. The lowest BCUT2D eigenvalue weighted by atomic mass is 9.96. The molecule has 1 aliphatic rings. The van der Waals surface area contributed by atoms with Gasteiger partial charge >= 0.3 is 5.97 Å². The van der Waals surface area contributed by atoms with Crippen molar-refractivity contribution in [3.8, 4) is 0 Å². The Morgan fingerprint density at radius 2 is 1.94 bits per heavy atom. The third kappa shape index (κ3) is 3.96. The Hall–Kier alpha value is -0.610. The molecule has 0 aromatic heterocycles. The highest BCUT2D eigenvalue weighted by Crippen LogP contribution is 2.24. The van der Waals surface area contributed by atoms with Gasteiger partial charge in [0.25, 0.3) is 0 Å². The van der Waals surface area contributed by atoms with E-state index in [1.54, 1.807) is 0 Å². The zero-order chi connectivity index (χ0) is 13.2. The molecule has 1 saturated heterocycles. The molecule has 4 nitrogen and oxygen atoms in total. The number of hydrogen-bond donors (Lipinski definition) is 1. The number of carbonyl (C=O) groups is 1. The van der Waals surface area contributed by atoms with E-state index in [2.05, 4.69) is 44.5 Å². The molecule has 0 aliphatic carbocycles. The summed E-state index contributed by atoms with van der Waals surface area (Å²) in [7, 11) is 2.10. The molecule has 1 rings (SSSR count). The molecule has 1 heterocycles. The first-order valence-electron chi connectivity index (χ1n) is 6.40. The van der Waals surface area contributed by atoms with Gasteiger partial charge in [0.1, 0.15) is 0 Å². The third-order valence-electron chi connectivity index (χ3n) is 3.67. The van der Waals surface area contributed by atoms with Crippen LogP contribution in [0.1, 0.15) is 40.5 Å². The lowest BCUT2D eigenvalue weighted by molar-refractivity contribution is -0.137. The SMILES string of the molecule is CC1CN(C)C(CCC(=O)O)CN1C(C)(C)C. The summed E-state index contributed by atoms with van der Waals surface area (Å²) >= 11 is 0. The fraction of sp³-hybridized carbons (Fsp3) is 0.923. The average molecular weight is 242 g/mol. The molecular weight excluding hydrogens is 216 g/mol. The normalized spacial score (nSPS) is 28.3. The highest BCUT2D eigenvalue weighted by molar-refractivity contribution is 5.66. The Labute approximate surface area is 105 Å². The van der Waals surface area contributed by atoms with E-state index in [0.717, 1.165) is 19.5 Å². The highest BCUT2D eigenvalue weighted by atomic mass is 16.4. The molecule has 17 heavy (non-hydrogen) atoms. The van der Waals surface area contributed by atoms with Crippen molar-refractivity contribution in [1.29, 1.82) is 0 Å². The fourth-order valence-corrected chi connectivity index (χ4v) is 2.75. The fourth-order valence-electron chi connectivity index (χ4n) is 2.75. The van der Waals surface area contributed by atoms with Crippen molar-refractivity contribution >= 4 is 5.97 Å². The standard InChI is InChI=1S/C13H26N2O2/c1-10-8-14(5)11(6-7-12(16)17)9-15(10)13(2,3)4/h10-11H,6-9H2,1-5H3,(H,16,17). The second kappa shape index (κ2) is 5.36. The van der Waals surface area contributed by atoms with E-state index >= 15 is 0 Å². The van der Waals surface area contributed by atoms with Gasteiger partial charge in [-0.15, -0.1) is 0 Å². The monoisotopic (exact) mass is 242 g/mol. The third-order valence-corrected chi connectivity index (χ3v) is 3.67. The van der Waals surface area contributed by atoms with E-state index in [9.17, 15) is 4.79 Å². The van der Waals surface area contributed by atoms with Crippen molar-refractivity contribution in [3.05, 3.63) is 0 Å². The number of likely N-dealkylation sites (N-methyl/N-ethyl adjacent to an activating group) is 1. The first-order chi connectivity index (χ1) is 7.71. The van der Waals surface area contributed by atoms with Crippen molar-refractivity contribution in [2.45, 2.75) is 58.2 Å². The number of rotatable bonds is 3. The number of nitrogens with zero attached hydrogens (tertiary/aromatic N) is 2. The van der Waals surface area contributed by atoms with Gasteiger partial charge in [-0.25, -0.2) is 0 Å². The Morgan fingerprint density at radius 1 is 1.35 bits per heavy atom. The van der Waals surface area contributed by atoms with Gasteiger partial charge in [-0.3, -0.25) is 9.69 Å². The predicted octanol–water partition coefficient (Wildman–Crippen LogP) is 1.65. The van der Waals surface area contributed by atoms with Gasteiger partial charge in [-0.2, -0.15) is 0 Å². The van der Waals surface area contributed by atoms with E-state index in [0.29, 0.717) is 12.1 Å². The van der Waals surface area contributed by atoms with E-state index in [1.807, 2.05) is 0 Å². The average Bonchev–Trinajstić information content (AvgIpc) is 2.13. The zero-order valence-corrected chi connectivity index (χ0v) is 11.7. The van der Waals surface area contributed by atoms with Crippen molar-refractivity contribution in [2.75, 3.05) is 20.1 Å². The topological polar surface area (TPSA) is 43.8 Å². The minimum absolute atomic E-state index is 0.155. The van der Waals surface area contributed by atoms with Crippen molar-refractivity contribution in [3.63, 3.8) is 0 Å². The van der Waals surface area contributed by atoms with Crippen LogP contribution < -0.4 is 0 Å². The van der Waals surface area contributed by atoms with E-state index < -0.39 is 5.97 Å². The summed E-state index contributed by atoms with van der Waals surface area (Å²) < 4.78 is 0. The molecular formula is C13H26N2O2. The largest absolute Gasteiger partial charge is 0.481 e. The van der Waals surface area contributed by atoms with Gasteiger partial charge in [0.15, 0.2) is 0 Å². The minimum Gasteiger partial charge on any atom is -0.481 e. The Morgan fingerprint density at radius 3 is 2.41 bits per heavy atom. The summed E-state index contributed by atoms with van der Waals surface area (Å²) in [4.78, 5) is 15.4. The number of aliphatic carboxylic acids is 1. The number of piperazine rings is 1. The Bertz CT molecular complexity index is 273. The molecule has 0 amide bonds. The lowest BCUT2D eigenvalue weighted by Gasteiger charge is -2.49. The molecule has 1 fully saturated rings. The summed E-state index contributed by atoms with van der Waals surface area (Å²) in [6.45, 7) is 10.9. The predicted molar refractivity (Wildman–Crippen MR) is 69.2 cm³/mol. The van der Waals surface area contributed by atoms with Gasteiger partial charge in [0.05, 0.1) is 0 Å². The first-order valence-corrected chi connectivity index (χ1v) is 6.40. The number of hydrogen-bond acceptors (Lipinski definition) is 3. The zero-order valence-electron chi connectivity index (χ0n) is 11.7. The van der Waals surface area contributed by atoms with E-state index in [-0.39, 0.29) is 12.0 Å². The van der Waals surface area contributed by atoms with Crippen molar-refractivity contribution in [2.24, 2.45) is 0 Å². The van der Waals surface area contributed by atoms with Crippen LogP contribution in [0.15, 0.2) is 0 Å². The number of carboxylic acid groups (broad SMARTS) is 1. The Balaban J connectivity index is 2.63. The molecule has 2 atom stereocenters. The lowest BCUT2D eigenvalue weighted by Crippen LogP contribution is -2.61. The molecule has 100 valence electrons. The molecule has 0 saturated carbocycles. The van der Waals surface area contributed by atoms with Gasteiger partial charge in [0.2, 0.25) is 0 Å². The molecule has 0 spiro atoms. The van der Waals surface area contributed by atoms with Gasteiger partial charge < -0.3 is 10.0 Å². The van der Waals surface area contributed by atoms with Crippen LogP contribution in [0.5, 0.6) is 0 Å². The van der Waals surface area contributed by atoms with Crippen LogP contribution in [0.4, 0.5) is 0 Å². The molecule has 4 heteroatoms. The second-order valence-electron chi connectivity index (χ2n) is 6.20. The van der Waals surface area contributed by atoms with Crippen LogP contribution in [0, 0.1) is 0 Å². The van der Waals surface area contributed by atoms with Gasteiger partial charge in [-0.05, 0) is 41.2 Å². The Kier molecular flexibility index (Phi) is 4.55. The quantitative estimate of drug-likeness (QED) is 0.817. The van der Waals surface area contributed by atoms with E-state index in [4.69, 9.17) is 5.11 Å². The summed E-state index contributed by atoms with van der Waals surface area (Å²) in [5, 5.41) is 8.78. The molecule has 1 N–H and O–H groups in total. The molecule has 0 bridgehead atoms. The van der Waals surface area contributed by atoms with Crippen LogP contribution in [0.25, 0.3) is 0 Å². The maximum Gasteiger partial charge on any atom is 0.303 e. The second-order valence-corrected chi connectivity index (χ2v) is 6.20. The summed E-state index contributed by atoms with van der Waals surface area (Å²) in [6.07, 6.45) is 1.01.